The lowest BCUT2D eigenvalue weighted by atomic mass is 10.1. The summed E-state index contributed by atoms with van der Waals surface area (Å²) in [5.74, 6) is -0.780. The molecule has 0 radical (unpaired) electrons. The average molecular weight is 288 g/mol. The first-order chi connectivity index (χ1) is 10.0. The summed E-state index contributed by atoms with van der Waals surface area (Å²) in [4.78, 5) is 21.2. The number of carboxylic acid groups (broad SMARTS) is 1. The van der Waals surface area contributed by atoms with Crippen molar-refractivity contribution in [1.29, 1.82) is 0 Å². The molecule has 0 aromatic heterocycles. The van der Waals surface area contributed by atoms with Crippen molar-refractivity contribution < 1.29 is 19.6 Å². The summed E-state index contributed by atoms with van der Waals surface area (Å²) in [5, 5.41) is 22.8. The number of aromatic carboxylic acids is 1. The molecule has 0 heterocycles. The van der Waals surface area contributed by atoms with Gasteiger partial charge in [-0.1, -0.05) is 12.1 Å². The molecule has 21 heavy (non-hydrogen) atoms. The second-order valence-corrected chi connectivity index (χ2v) is 4.12. The van der Waals surface area contributed by atoms with Gasteiger partial charge in [0.05, 0.1) is 17.7 Å². The Bertz CT molecular complexity index is 700. The number of para-hydroxylation sites is 2. The number of nitrogens with one attached hydrogen (secondary N) is 1. The maximum absolute atomic E-state index is 11.1. The third-order valence-electron chi connectivity index (χ3n) is 2.81. The highest BCUT2D eigenvalue weighted by Gasteiger charge is 2.20. The Hall–Kier alpha value is -3.09. The van der Waals surface area contributed by atoms with Crippen LogP contribution in [-0.2, 0) is 0 Å². The Morgan fingerprint density at radius 1 is 1.29 bits per heavy atom. The largest absolute Gasteiger partial charge is 0.495 e. The van der Waals surface area contributed by atoms with Gasteiger partial charge in [-0.2, -0.15) is 0 Å². The fourth-order valence-corrected chi connectivity index (χ4v) is 1.85. The number of hydrogen-bond donors (Lipinski definition) is 2. The van der Waals surface area contributed by atoms with Gasteiger partial charge < -0.3 is 15.2 Å². The summed E-state index contributed by atoms with van der Waals surface area (Å²) in [6.45, 7) is 0. The first-order valence-corrected chi connectivity index (χ1v) is 5.94. The number of methoxy groups -OCH3 is 1. The van der Waals surface area contributed by atoms with Crippen LogP contribution < -0.4 is 10.1 Å². The highest BCUT2D eigenvalue weighted by Crippen LogP contribution is 2.29. The Kier molecular flexibility index (Phi) is 4.03. The highest BCUT2D eigenvalue weighted by molar-refractivity contribution is 5.94. The van der Waals surface area contributed by atoms with E-state index in [1.807, 2.05) is 0 Å². The van der Waals surface area contributed by atoms with Gasteiger partial charge in [-0.15, -0.1) is 0 Å². The summed E-state index contributed by atoms with van der Waals surface area (Å²) >= 11 is 0. The van der Waals surface area contributed by atoms with Crippen molar-refractivity contribution in [3.8, 4) is 5.75 Å². The smallest absolute Gasteiger partial charge is 0.342 e. The number of anilines is 2. The van der Waals surface area contributed by atoms with Crippen molar-refractivity contribution >= 4 is 23.0 Å². The molecule has 2 aromatic rings. The second-order valence-electron chi connectivity index (χ2n) is 4.12. The zero-order valence-corrected chi connectivity index (χ0v) is 11.1. The minimum absolute atomic E-state index is 0.375. The van der Waals surface area contributed by atoms with E-state index in [4.69, 9.17) is 9.84 Å². The fourth-order valence-electron chi connectivity index (χ4n) is 1.85. The van der Waals surface area contributed by atoms with Gasteiger partial charge in [0, 0.05) is 11.8 Å². The van der Waals surface area contributed by atoms with Crippen molar-refractivity contribution in [2.24, 2.45) is 0 Å². The van der Waals surface area contributed by atoms with Gasteiger partial charge in [0.25, 0.3) is 5.69 Å². The van der Waals surface area contributed by atoms with Gasteiger partial charge in [-0.3, -0.25) is 10.1 Å². The number of hydrogen-bond acceptors (Lipinski definition) is 5. The molecular weight excluding hydrogens is 276 g/mol. The lowest BCUT2D eigenvalue weighted by Crippen LogP contribution is -2.04. The molecule has 0 fully saturated rings. The molecule has 0 aliphatic heterocycles. The van der Waals surface area contributed by atoms with E-state index in [0.717, 1.165) is 6.07 Å². The topological polar surface area (TPSA) is 102 Å². The summed E-state index contributed by atoms with van der Waals surface area (Å²) in [7, 11) is 1.51. The van der Waals surface area contributed by atoms with E-state index in [9.17, 15) is 14.9 Å². The molecule has 0 spiro atoms. The Labute approximate surface area is 119 Å². The van der Waals surface area contributed by atoms with Crippen LogP contribution in [0.3, 0.4) is 0 Å². The Morgan fingerprint density at radius 2 is 2.00 bits per heavy atom. The molecule has 0 saturated heterocycles. The van der Waals surface area contributed by atoms with Crippen LogP contribution in [0, 0.1) is 10.1 Å². The number of carbonyl (C=O) groups is 1. The lowest BCUT2D eigenvalue weighted by molar-refractivity contribution is -0.385. The first kappa shape index (κ1) is 14.3. The van der Waals surface area contributed by atoms with Crippen LogP contribution in [0.1, 0.15) is 10.4 Å². The molecule has 7 nitrogen and oxygen atoms in total. The molecule has 2 rings (SSSR count). The maximum Gasteiger partial charge on any atom is 0.342 e. The molecular formula is C14H12N2O5. The van der Waals surface area contributed by atoms with Crippen molar-refractivity contribution in [2.45, 2.75) is 0 Å². The van der Waals surface area contributed by atoms with E-state index >= 15 is 0 Å². The fraction of sp³-hybridized carbons (Fsp3) is 0.0714. The van der Waals surface area contributed by atoms with Crippen molar-refractivity contribution in [3.05, 3.63) is 58.1 Å². The summed E-state index contributed by atoms with van der Waals surface area (Å²) in [6.07, 6.45) is 0. The molecule has 0 saturated carbocycles. The van der Waals surface area contributed by atoms with E-state index < -0.39 is 16.6 Å². The van der Waals surface area contributed by atoms with Crippen LogP contribution in [0.4, 0.5) is 17.1 Å². The zero-order valence-electron chi connectivity index (χ0n) is 11.1. The van der Waals surface area contributed by atoms with E-state index in [-0.39, 0.29) is 5.56 Å². The number of carboxylic acids is 1. The van der Waals surface area contributed by atoms with Crippen molar-refractivity contribution in [2.75, 3.05) is 12.4 Å². The summed E-state index contributed by atoms with van der Waals surface area (Å²) in [5.41, 5.74) is 0.223. The molecule has 2 N–H and O–H groups in total. The standard InChI is InChI=1S/C14H12N2O5/c1-21-13-5-3-2-4-11(13)15-9-6-7-12(16(19)20)10(8-9)14(17)18/h2-8,15H,1H3,(H,17,18). The molecule has 7 heteroatoms. The van der Waals surface area contributed by atoms with Gasteiger partial charge in [-0.25, -0.2) is 4.79 Å². The van der Waals surface area contributed by atoms with Gasteiger partial charge in [0.15, 0.2) is 0 Å². The van der Waals surface area contributed by atoms with Crippen LogP contribution >= 0.6 is 0 Å². The van der Waals surface area contributed by atoms with E-state index in [2.05, 4.69) is 5.32 Å². The summed E-state index contributed by atoms with van der Waals surface area (Å²) < 4.78 is 5.17. The van der Waals surface area contributed by atoms with Gasteiger partial charge in [0.1, 0.15) is 11.3 Å². The number of ether oxygens (including phenoxy) is 1. The normalized spacial score (nSPS) is 9.95. The minimum Gasteiger partial charge on any atom is -0.495 e. The molecule has 0 aliphatic carbocycles. The van der Waals surface area contributed by atoms with Gasteiger partial charge >= 0.3 is 5.97 Å². The van der Waals surface area contributed by atoms with Gasteiger partial charge in [0.2, 0.25) is 0 Å². The monoisotopic (exact) mass is 288 g/mol. The molecule has 0 atom stereocenters. The number of nitro benzene ring substituents is 1. The van der Waals surface area contributed by atoms with Crippen LogP contribution in [0.15, 0.2) is 42.5 Å². The predicted octanol–water partition coefficient (Wildman–Crippen LogP) is 3.05. The van der Waals surface area contributed by atoms with E-state index in [0.29, 0.717) is 17.1 Å². The van der Waals surface area contributed by atoms with Crippen molar-refractivity contribution in [3.63, 3.8) is 0 Å². The van der Waals surface area contributed by atoms with Crippen molar-refractivity contribution in [1.82, 2.24) is 0 Å². The average Bonchev–Trinajstić information content (AvgIpc) is 2.47. The number of rotatable bonds is 5. The van der Waals surface area contributed by atoms with Crippen LogP contribution in [0.2, 0.25) is 0 Å². The quantitative estimate of drug-likeness (QED) is 0.647. The number of nitro groups is 1. The maximum atomic E-state index is 11.1. The molecule has 108 valence electrons. The molecule has 0 amide bonds. The lowest BCUT2D eigenvalue weighted by Gasteiger charge is -2.11. The number of benzene rings is 2. The van der Waals surface area contributed by atoms with Gasteiger partial charge in [-0.05, 0) is 24.3 Å². The predicted molar refractivity (Wildman–Crippen MR) is 76.3 cm³/mol. The highest BCUT2D eigenvalue weighted by atomic mass is 16.6. The Morgan fingerprint density at radius 3 is 2.62 bits per heavy atom. The van der Waals surface area contributed by atoms with Crippen LogP contribution in [0.25, 0.3) is 0 Å². The SMILES string of the molecule is COc1ccccc1Nc1ccc([N+](=O)[O-])c(C(=O)O)c1. The Balaban J connectivity index is 2.39. The first-order valence-electron chi connectivity index (χ1n) is 5.94. The third kappa shape index (κ3) is 3.08. The van der Waals surface area contributed by atoms with E-state index in [1.165, 1.54) is 19.2 Å². The van der Waals surface area contributed by atoms with Crippen LogP contribution in [-0.4, -0.2) is 23.1 Å². The second kappa shape index (κ2) is 5.91. The molecule has 0 unspecified atom stereocenters. The van der Waals surface area contributed by atoms with E-state index in [1.54, 1.807) is 24.3 Å². The minimum atomic E-state index is -1.36. The van der Waals surface area contributed by atoms with Crippen LogP contribution in [0.5, 0.6) is 5.75 Å². The zero-order chi connectivity index (χ0) is 15.4. The number of nitrogens with zero attached hydrogens (tertiary/aromatic N) is 1. The summed E-state index contributed by atoms with van der Waals surface area (Å²) in [6, 6.07) is 10.9. The molecule has 0 aliphatic rings. The third-order valence-corrected chi connectivity index (χ3v) is 2.81. The molecule has 2 aromatic carbocycles. The molecule has 0 bridgehead atoms.